The number of hydrogen-bond acceptors (Lipinski definition) is 3. The molecule has 5 nitrogen and oxygen atoms in total. The lowest BCUT2D eigenvalue weighted by Crippen LogP contribution is -2.09. The summed E-state index contributed by atoms with van der Waals surface area (Å²) in [5, 5.41) is 18.9. The Morgan fingerprint density at radius 1 is 1.39 bits per heavy atom. The molecule has 0 fully saturated rings. The lowest BCUT2D eigenvalue weighted by Gasteiger charge is -2.07. The molecule has 1 aromatic heterocycles. The average molecular weight is 249 g/mol. The normalized spacial score (nSPS) is 10.8. The van der Waals surface area contributed by atoms with Crippen molar-refractivity contribution in [2.45, 2.75) is 13.0 Å². The summed E-state index contributed by atoms with van der Waals surface area (Å²) in [6.07, 6.45) is 0.524. The molecule has 0 saturated heterocycles. The van der Waals surface area contributed by atoms with Crippen molar-refractivity contribution in [3.63, 3.8) is 0 Å². The predicted molar refractivity (Wildman–Crippen MR) is 67.2 cm³/mol. The summed E-state index contributed by atoms with van der Waals surface area (Å²) in [7, 11) is 1.57. The highest BCUT2D eigenvalue weighted by Crippen LogP contribution is 2.25. The summed E-state index contributed by atoms with van der Waals surface area (Å²) >= 11 is 0. The number of ether oxygens (including phenoxy) is 1. The molecule has 0 aliphatic heterocycles. The number of carboxylic acid groups (broad SMARTS) is 1. The van der Waals surface area contributed by atoms with Crippen LogP contribution >= 0.6 is 0 Å². The molecule has 5 heteroatoms. The van der Waals surface area contributed by atoms with Gasteiger partial charge in [-0.25, -0.2) is 4.79 Å². The van der Waals surface area contributed by atoms with Crippen LogP contribution in [-0.2, 0) is 6.54 Å². The van der Waals surface area contributed by atoms with E-state index in [2.05, 4.69) is 0 Å². The predicted octanol–water partition coefficient (Wildman–Crippen LogP) is 1.73. The van der Waals surface area contributed by atoms with E-state index >= 15 is 0 Å². The van der Waals surface area contributed by atoms with Crippen molar-refractivity contribution in [2.24, 2.45) is 0 Å². The molecule has 0 aliphatic carbocycles. The maximum Gasteiger partial charge on any atom is 0.352 e. The summed E-state index contributed by atoms with van der Waals surface area (Å²) in [6, 6.07) is 7.05. The minimum atomic E-state index is -0.969. The molecule has 1 aromatic carbocycles. The second kappa shape index (κ2) is 5.10. The van der Waals surface area contributed by atoms with Crippen LogP contribution in [0.4, 0.5) is 0 Å². The summed E-state index contributed by atoms with van der Waals surface area (Å²) in [5.41, 5.74) is 1.06. The standard InChI is InChI=1S/C13H15NO4/c1-18-10-3-4-11-9(7-10)8-12(13(16)17)14(11)5-2-6-15/h3-4,7-8,15H,2,5-6H2,1H3,(H,16,17). The zero-order valence-corrected chi connectivity index (χ0v) is 10.1. The highest BCUT2D eigenvalue weighted by molar-refractivity contribution is 5.95. The van der Waals surface area contributed by atoms with Crippen LogP contribution in [0, 0.1) is 0 Å². The maximum atomic E-state index is 11.2. The van der Waals surface area contributed by atoms with Crippen molar-refractivity contribution in [1.29, 1.82) is 0 Å². The van der Waals surface area contributed by atoms with E-state index in [1.807, 2.05) is 6.07 Å². The third kappa shape index (κ3) is 2.17. The number of aromatic carboxylic acids is 1. The van der Waals surface area contributed by atoms with E-state index in [9.17, 15) is 9.90 Å². The van der Waals surface area contributed by atoms with Crippen LogP contribution < -0.4 is 4.74 Å². The highest BCUT2D eigenvalue weighted by Gasteiger charge is 2.14. The molecule has 0 radical (unpaired) electrons. The van der Waals surface area contributed by atoms with E-state index in [1.165, 1.54) is 0 Å². The van der Waals surface area contributed by atoms with Crippen molar-refractivity contribution in [3.8, 4) is 5.75 Å². The summed E-state index contributed by atoms with van der Waals surface area (Å²) < 4.78 is 6.82. The van der Waals surface area contributed by atoms with Crippen molar-refractivity contribution in [1.82, 2.24) is 4.57 Å². The number of fused-ring (bicyclic) bond motifs is 1. The van der Waals surface area contributed by atoms with E-state index in [-0.39, 0.29) is 12.3 Å². The van der Waals surface area contributed by atoms with E-state index in [4.69, 9.17) is 9.84 Å². The van der Waals surface area contributed by atoms with E-state index < -0.39 is 5.97 Å². The molecule has 1 heterocycles. The first kappa shape index (κ1) is 12.4. The van der Waals surface area contributed by atoms with E-state index in [1.54, 1.807) is 29.9 Å². The Morgan fingerprint density at radius 2 is 2.17 bits per heavy atom. The Kier molecular flexibility index (Phi) is 3.53. The topological polar surface area (TPSA) is 71.7 Å². The van der Waals surface area contributed by atoms with E-state index in [0.717, 1.165) is 10.9 Å². The van der Waals surface area contributed by atoms with Crippen molar-refractivity contribution < 1.29 is 19.7 Å². The minimum Gasteiger partial charge on any atom is -0.497 e. The Bertz CT molecular complexity index is 574. The molecule has 18 heavy (non-hydrogen) atoms. The monoisotopic (exact) mass is 249 g/mol. The number of carbonyl (C=O) groups is 1. The Balaban J connectivity index is 2.56. The molecular weight excluding hydrogens is 234 g/mol. The van der Waals surface area contributed by atoms with Crippen LogP contribution in [0.2, 0.25) is 0 Å². The first-order chi connectivity index (χ1) is 8.67. The van der Waals surface area contributed by atoms with Crippen LogP contribution in [0.25, 0.3) is 10.9 Å². The molecule has 0 spiro atoms. The molecule has 2 N–H and O–H groups in total. The van der Waals surface area contributed by atoms with Gasteiger partial charge >= 0.3 is 5.97 Å². The Hall–Kier alpha value is -2.01. The molecule has 0 saturated carbocycles. The molecule has 0 bridgehead atoms. The van der Waals surface area contributed by atoms with Crippen LogP contribution in [-0.4, -0.2) is 34.5 Å². The largest absolute Gasteiger partial charge is 0.497 e. The van der Waals surface area contributed by atoms with E-state index in [0.29, 0.717) is 18.7 Å². The summed E-state index contributed by atoms with van der Waals surface area (Å²) in [6.45, 7) is 0.517. The number of benzene rings is 1. The summed E-state index contributed by atoms with van der Waals surface area (Å²) in [4.78, 5) is 11.2. The van der Waals surface area contributed by atoms with Crippen LogP contribution in [0.3, 0.4) is 0 Å². The van der Waals surface area contributed by atoms with Crippen molar-refractivity contribution in [3.05, 3.63) is 30.0 Å². The number of nitrogens with zero attached hydrogens (tertiary/aromatic N) is 1. The number of aliphatic hydroxyl groups excluding tert-OH is 1. The Labute approximate surface area is 104 Å². The van der Waals surface area contributed by atoms with Crippen molar-refractivity contribution in [2.75, 3.05) is 13.7 Å². The minimum absolute atomic E-state index is 0.0366. The molecular formula is C13H15NO4. The van der Waals surface area contributed by atoms with Crippen LogP contribution in [0.15, 0.2) is 24.3 Å². The number of carboxylic acids is 1. The third-order valence-electron chi connectivity index (χ3n) is 2.87. The van der Waals surface area contributed by atoms with Gasteiger partial charge in [-0.05, 0) is 30.7 Å². The van der Waals surface area contributed by atoms with Gasteiger partial charge in [-0.2, -0.15) is 0 Å². The molecule has 0 aliphatic rings. The lowest BCUT2D eigenvalue weighted by molar-refractivity contribution is 0.0685. The SMILES string of the molecule is COc1ccc2c(c1)cc(C(=O)O)n2CCCO. The van der Waals surface area contributed by atoms with Gasteiger partial charge in [-0.3, -0.25) is 0 Å². The van der Waals surface area contributed by atoms with Crippen LogP contribution in [0.1, 0.15) is 16.9 Å². The van der Waals surface area contributed by atoms with Crippen molar-refractivity contribution >= 4 is 16.9 Å². The zero-order chi connectivity index (χ0) is 13.1. The molecule has 0 atom stereocenters. The first-order valence-corrected chi connectivity index (χ1v) is 5.69. The highest BCUT2D eigenvalue weighted by atomic mass is 16.5. The maximum absolute atomic E-state index is 11.2. The molecule has 2 aromatic rings. The molecule has 0 amide bonds. The molecule has 2 rings (SSSR count). The van der Waals surface area contributed by atoms with Gasteiger partial charge in [0.15, 0.2) is 0 Å². The Morgan fingerprint density at radius 3 is 2.78 bits per heavy atom. The van der Waals surface area contributed by atoms with Gasteiger partial charge in [-0.1, -0.05) is 0 Å². The van der Waals surface area contributed by atoms with Gasteiger partial charge in [0.25, 0.3) is 0 Å². The second-order valence-corrected chi connectivity index (χ2v) is 3.99. The molecule has 96 valence electrons. The fourth-order valence-electron chi connectivity index (χ4n) is 2.02. The number of methoxy groups -OCH3 is 1. The number of rotatable bonds is 5. The van der Waals surface area contributed by atoms with Gasteiger partial charge in [0, 0.05) is 24.1 Å². The average Bonchev–Trinajstić information content (AvgIpc) is 2.74. The number of hydrogen-bond donors (Lipinski definition) is 2. The third-order valence-corrected chi connectivity index (χ3v) is 2.87. The van der Waals surface area contributed by atoms with Gasteiger partial charge in [0.05, 0.1) is 7.11 Å². The fraction of sp³-hybridized carbons (Fsp3) is 0.308. The lowest BCUT2D eigenvalue weighted by atomic mass is 10.2. The van der Waals surface area contributed by atoms with Gasteiger partial charge in [0.1, 0.15) is 11.4 Å². The van der Waals surface area contributed by atoms with Gasteiger partial charge in [-0.15, -0.1) is 0 Å². The summed E-state index contributed by atoms with van der Waals surface area (Å²) in [5.74, 6) is -0.276. The zero-order valence-electron chi connectivity index (χ0n) is 10.1. The first-order valence-electron chi connectivity index (χ1n) is 5.69. The second-order valence-electron chi connectivity index (χ2n) is 3.99. The van der Waals surface area contributed by atoms with Gasteiger partial charge in [0.2, 0.25) is 0 Å². The quantitative estimate of drug-likeness (QED) is 0.846. The number of aromatic nitrogens is 1. The number of aryl methyl sites for hydroxylation is 1. The smallest absolute Gasteiger partial charge is 0.352 e. The van der Waals surface area contributed by atoms with Crippen LogP contribution in [0.5, 0.6) is 5.75 Å². The van der Waals surface area contributed by atoms with Gasteiger partial charge < -0.3 is 19.5 Å². The fourth-order valence-corrected chi connectivity index (χ4v) is 2.02. The number of aliphatic hydroxyl groups is 1. The molecule has 0 unspecified atom stereocenters.